The van der Waals surface area contributed by atoms with Crippen LogP contribution < -0.4 is 15.4 Å². The Bertz CT molecular complexity index is 628. The lowest BCUT2D eigenvalue weighted by atomic mass is 10.1. The molecule has 0 saturated carbocycles. The summed E-state index contributed by atoms with van der Waals surface area (Å²) in [6, 6.07) is 17.1. The van der Waals surface area contributed by atoms with Crippen molar-refractivity contribution in [2.45, 2.75) is 32.5 Å². The van der Waals surface area contributed by atoms with E-state index in [1.165, 1.54) is 0 Å². The van der Waals surface area contributed by atoms with Gasteiger partial charge in [-0.3, -0.25) is 0 Å². The number of aliphatic hydroxyl groups is 1. The Morgan fingerprint density at radius 1 is 1.12 bits per heavy atom. The Balaban J connectivity index is 1.83. The van der Waals surface area contributed by atoms with E-state index in [1.54, 1.807) is 0 Å². The van der Waals surface area contributed by atoms with Crippen LogP contribution in [-0.2, 0) is 13.2 Å². The molecule has 2 amide bonds. The van der Waals surface area contributed by atoms with Crippen LogP contribution in [0.3, 0.4) is 0 Å². The van der Waals surface area contributed by atoms with Crippen molar-refractivity contribution in [2.24, 2.45) is 0 Å². The second-order valence-corrected chi connectivity index (χ2v) is 5.54. The highest BCUT2D eigenvalue weighted by atomic mass is 16.5. The van der Waals surface area contributed by atoms with Crippen LogP contribution in [0.4, 0.5) is 4.79 Å². The van der Waals surface area contributed by atoms with Crippen LogP contribution in [0.25, 0.3) is 0 Å². The molecule has 128 valence electrons. The number of aliphatic hydroxyl groups excluding tert-OH is 1. The van der Waals surface area contributed by atoms with E-state index in [0.29, 0.717) is 19.6 Å². The van der Waals surface area contributed by atoms with E-state index in [1.807, 2.05) is 61.5 Å². The van der Waals surface area contributed by atoms with E-state index in [4.69, 9.17) is 9.84 Å². The lowest BCUT2D eigenvalue weighted by molar-refractivity contribution is 0.214. The largest absolute Gasteiger partial charge is 0.489 e. The van der Waals surface area contributed by atoms with E-state index < -0.39 is 0 Å². The third-order valence-corrected chi connectivity index (χ3v) is 3.64. The quantitative estimate of drug-likeness (QED) is 0.698. The van der Waals surface area contributed by atoms with Crippen molar-refractivity contribution in [2.75, 3.05) is 6.61 Å². The van der Waals surface area contributed by atoms with Gasteiger partial charge in [0, 0.05) is 6.54 Å². The maximum atomic E-state index is 11.8. The summed E-state index contributed by atoms with van der Waals surface area (Å²) in [5.41, 5.74) is 2.04. The third-order valence-electron chi connectivity index (χ3n) is 3.64. The summed E-state index contributed by atoms with van der Waals surface area (Å²) in [6.07, 6.45) is 0.691. The molecule has 0 heterocycles. The summed E-state index contributed by atoms with van der Waals surface area (Å²) < 4.78 is 5.73. The second-order valence-electron chi connectivity index (χ2n) is 5.54. The van der Waals surface area contributed by atoms with Crippen molar-refractivity contribution < 1.29 is 14.6 Å². The molecule has 0 aliphatic heterocycles. The average Bonchev–Trinajstić information content (AvgIpc) is 2.64. The predicted octanol–water partition coefficient (Wildman–Crippen LogP) is 2.84. The highest BCUT2D eigenvalue weighted by Gasteiger charge is 2.08. The number of carbonyl (C=O) groups is 1. The standard InChI is InChI=1S/C19H24N2O3/c1-2-17(13-22)21-19(23)20-12-15-7-6-8-16(11-15)14-24-18-9-4-3-5-10-18/h3-11,17,22H,2,12-14H2,1H3,(H2,20,21,23). The molecule has 0 aromatic heterocycles. The molecule has 1 atom stereocenters. The van der Waals surface area contributed by atoms with Crippen molar-refractivity contribution in [3.63, 3.8) is 0 Å². The molecule has 0 saturated heterocycles. The highest BCUT2D eigenvalue weighted by molar-refractivity contribution is 5.74. The number of carbonyl (C=O) groups excluding carboxylic acids is 1. The predicted molar refractivity (Wildman–Crippen MR) is 93.8 cm³/mol. The Labute approximate surface area is 142 Å². The Morgan fingerprint density at radius 3 is 2.58 bits per heavy atom. The molecule has 1 unspecified atom stereocenters. The number of benzene rings is 2. The normalized spacial score (nSPS) is 11.6. The lowest BCUT2D eigenvalue weighted by Gasteiger charge is -2.15. The van der Waals surface area contributed by atoms with Crippen LogP contribution in [0, 0.1) is 0 Å². The van der Waals surface area contributed by atoms with E-state index in [9.17, 15) is 4.79 Å². The van der Waals surface area contributed by atoms with Gasteiger partial charge < -0.3 is 20.5 Å². The van der Waals surface area contributed by atoms with Gasteiger partial charge in [0.25, 0.3) is 0 Å². The van der Waals surface area contributed by atoms with Gasteiger partial charge in [0.15, 0.2) is 0 Å². The van der Waals surface area contributed by atoms with Crippen molar-refractivity contribution >= 4 is 6.03 Å². The molecule has 0 bridgehead atoms. The Morgan fingerprint density at radius 2 is 1.88 bits per heavy atom. The molecule has 3 N–H and O–H groups in total. The van der Waals surface area contributed by atoms with Gasteiger partial charge in [-0.1, -0.05) is 49.4 Å². The minimum atomic E-state index is -0.276. The highest BCUT2D eigenvalue weighted by Crippen LogP contribution is 2.12. The van der Waals surface area contributed by atoms with Crippen molar-refractivity contribution in [3.8, 4) is 5.75 Å². The number of nitrogens with one attached hydrogen (secondary N) is 2. The summed E-state index contributed by atoms with van der Waals surface area (Å²) in [7, 11) is 0. The maximum Gasteiger partial charge on any atom is 0.315 e. The minimum absolute atomic E-state index is 0.0593. The van der Waals surface area contributed by atoms with Crippen molar-refractivity contribution in [1.29, 1.82) is 0 Å². The number of rotatable bonds is 8. The first kappa shape index (κ1) is 17.8. The first-order chi connectivity index (χ1) is 11.7. The second kappa shape index (κ2) is 9.57. The number of ether oxygens (including phenoxy) is 1. The van der Waals surface area contributed by atoms with Crippen LogP contribution in [0.1, 0.15) is 24.5 Å². The zero-order chi connectivity index (χ0) is 17.2. The Kier molecular flexibility index (Phi) is 7.11. The minimum Gasteiger partial charge on any atom is -0.489 e. The van der Waals surface area contributed by atoms with Crippen LogP contribution in [0.5, 0.6) is 5.75 Å². The topological polar surface area (TPSA) is 70.6 Å². The monoisotopic (exact) mass is 328 g/mol. The van der Waals surface area contributed by atoms with E-state index in [0.717, 1.165) is 16.9 Å². The zero-order valence-corrected chi connectivity index (χ0v) is 13.9. The first-order valence-corrected chi connectivity index (χ1v) is 8.12. The number of para-hydroxylation sites is 1. The number of hydrogen-bond acceptors (Lipinski definition) is 3. The molecule has 0 radical (unpaired) electrons. The molecule has 5 nitrogen and oxygen atoms in total. The average molecular weight is 328 g/mol. The fourth-order valence-electron chi connectivity index (χ4n) is 2.21. The number of urea groups is 1. The van der Waals surface area contributed by atoms with Gasteiger partial charge in [0.05, 0.1) is 12.6 Å². The molecule has 2 aromatic rings. The molecule has 0 fully saturated rings. The molecule has 2 aromatic carbocycles. The summed E-state index contributed by atoms with van der Waals surface area (Å²) in [5.74, 6) is 0.829. The summed E-state index contributed by atoms with van der Waals surface area (Å²) in [5, 5.41) is 14.6. The number of hydrogen-bond donors (Lipinski definition) is 3. The molecule has 2 rings (SSSR count). The molecule has 0 aliphatic rings. The molecule has 5 heteroatoms. The van der Waals surface area contributed by atoms with Crippen LogP contribution in [-0.4, -0.2) is 23.8 Å². The third kappa shape index (κ3) is 5.93. The van der Waals surface area contributed by atoms with Gasteiger partial charge in [0.2, 0.25) is 0 Å². The van der Waals surface area contributed by atoms with Crippen LogP contribution in [0.15, 0.2) is 54.6 Å². The van der Waals surface area contributed by atoms with Gasteiger partial charge in [0.1, 0.15) is 12.4 Å². The molecule has 0 spiro atoms. The van der Waals surface area contributed by atoms with Gasteiger partial charge in [-0.05, 0) is 29.7 Å². The molecule has 0 aliphatic carbocycles. The molecular formula is C19H24N2O3. The summed E-state index contributed by atoms with van der Waals surface area (Å²) >= 11 is 0. The van der Waals surface area contributed by atoms with Crippen molar-refractivity contribution in [1.82, 2.24) is 10.6 Å². The van der Waals surface area contributed by atoms with Crippen molar-refractivity contribution in [3.05, 3.63) is 65.7 Å². The lowest BCUT2D eigenvalue weighted by Crippen LogP contribution is -2.43. The van der Waals surface area contributed by atoms with E-state index in [2.05, 4.69) is 10.6 Å². The van der Waals surface area contributed by atoms with Gasteiger partial charge >= 0.3 is 6.03 Å². The fourth-order valence-corrected chi connectivity index (χ4v) is 2.21. The van der Waals surface area contributed by atoms with E-state index in [-0.39, 0.29) is 18.7 Å². The molecule has 24 heavy (non-hydrogen) atoms. The fraction of sp³-hybridized carbons (Fsp3) is 0.316. The van der Waals surface area contributed by atoms with Gasteiger partial charge in [-0.15, -0.1) is 0 Å². The summed E-state index contributed by atoms with van der Waals surface area (Å²) in [6.45, 7) is 2.76. The van der Waals surface area contributed by atoms with E-state index >= 15 is 0 Å². The molecular weight excluding hydrogens is 304 g/mol. The first-order valence-electron chi connectivity index (χ1n) is 8.12. The van der Waals surface area contributed by atoms with Crippen LogP contribution >= 0.6 is 0 Å². The SMILES string of the molecule is CCC(CO)NC(=O)NCc1cccc(COc2ccccc2)c1. The number of amides is 2. The maximum absolute atomic E-state index is 11.8. The van der Waals surface area contributed by atoms with Crippen LogP contribution in [0.2, 0.25) is 0 Å². The Hall–Kier alpha value is -2.53. The van der Waals surface area contributed by atoms with Gasteiger partial charge in [-0.25, -0.2) is 4.79 Å². The summed E-state index contributed by atoms with van der Waals surface area (Å²) in [4.78, 5) is 11.8. The zero-order valence-electron chi connectivity index (χ0n) is 13.9. The van der Waals surface area contributed by atoms with Gasteiger partial charge in [-0.2, -0.15) is 0 Å². The smallest absolute Gasteiger partial charge is 0.315 e.